The first-order chi connectivity index (χ1) is 19.5. The van der Waals surface area contributed by atoms with Gasteiger partial charge in [0.15, 0.2) is 17.3 Å². The van der Waals surface area contributed by atoms with E-state index >= 15 is 0 Å². The SMILES string of the molecule is CCCCCC(=O)N1c2ccccc2NC2=C(C(=O)C[C@H](c3ccco3)C2)[C@@H]1c1cc(OC)c(OC)c(OC)c1. The molecule has 0 unspecified atom stereocenters. The molecule has 210 valence electrons. The summed E-state index contributed by atoms with van der Waals surface area (Å²) in [6.45, 7) is 2.11. The summed E-state index contributed by atoms with van der Waals surface area (Å²) in [5.41, 5.74) is 3.56. The molecule has 0 bridgehead atoms. The molecule has 0 saturated carbocycles. The van der Waals surface area contributed by atoms with Gasteiger partial charge in [0.1, 0.15) is 5.76 Å². The molecule has 0 fully saturated rings. The maximum atomic E-state index is 14.1. The largest absolute Gasteiger partial charge is 0.493 e. The Balaban J connectivity index is 1.74. The Morgan fingerprint density at radius 2 is 1.75 bits per heavy atom. The number of furan rings is 1. The molecule has 1 N–H and O–H groups in total. The Morgan fingerprint density at radius 1 is 1.00 bits per heavy atom. The molecule has 1 aromatic heterocycles. The molecular formula is C32H36N2O6. The summed E-state index contributed by atoms with van der Waals surface area (Å²) in [4.78, 5) is 30.0. The predicted octanol–water partition coefficient (Wildman–Crippen LogP) is 6.79. The first-order valence-corrected chi connectivity index (χ1v) is 13.8. The van der Waals surface area contributed by atoms with Gasteiger partial charge in [-0.1, -0.05) is 31.9 Å². The zero-order valence-corrected chi connectivity index (χ0v) is 23.5. The second-order valence-corrected chi connectivity index (χ2v) is 10.2. The molecule has 2 aliphatic rings. The molecule has 1 aliphatic heterocycles. The van der Waals surface area contributed by atoms with Gasteiger partial charge >= 0.3 is 0 Å². The van der Waals surface area contributed by atoms with E-state index < -0.39 is 6.04 Å². The van der Waals surface area contributed by atoms with Crippen molar-refractivity contribution in [2.24, 2.45) is 0 Å². The zero-order chi connectivity index (χ0) is 28.2. The van der Waals surface area contributed by atoms with Gasteiger partial charge in [0.05, 0.1) is 45.0 Å². The number of carbonyl (C=O) groups excluding carboxylic acids is 2. The minimum absolute atomic E-state index is 0.0342. The van der Waals surface area contributed by atoms with Gasteiger partial charge in [-0.2, -0.15) is 0 Å². The van der Waals surface area contributed by atoms with Crippen molar-refractivity contribution in [1.29, 1.82) is 0 Å². The van der Waals surface area contributed by atoms with Gasteiger partial charge in [-0.15, -0.1) is 0 Å². The van der Waals surface area contributed by atoms with Crippen molar-refractivity contribution < 1.29 is 28.2 Å². The molecule has 1 aliphatic carbocycles. The van der Waals surface area contributed by atoms with E-state index in [2.05, 4.69) is 12.2 Å². The summed E-state index contributed by atoms with van der Waals surface area (Å²) in [6.07, 6.45) is 5.58. The summed E-state index contributed by atoms with van der Waals surface area (Å²) < 4.78 is 22.6. The molecular weight excluding hydrogens is 508 g/mol. The van der Waals surface area contributed by atoms with Crippen LogP contribution in [0.1, 0.15) is 68.7 Å². The number of nitrogens with one attached hydrogen (secondary N) is 1. The molecule has 2 aromatic carbocycles. The lowest BCUT2D eigenvalue weighted by Gasteiger charge is -2.35. The number of allylic oxidation sites excluding steroid dienone is 1. The number of hydrogen-bond acceptors (Lipinski definition) is 7. The maximum absolute atomic E-state index is 14.1. The van der Waals surface area contributed by atoms with Crippen LogP contribution in [0.2, 0.25) is 0 Å². The Morgan fingerprint density at radius 3 is 2.40 bits per heavy atom. The van der Waals surface area contributed by atoms with Crippen molar-refractivity contribution in [2.75, 3.05) is 31.5 Å². The molecule has 2 heterocycles. The standard InChI is InChI=1S/C32H36N2O6/c1-5-6-7-14-29(36)34-24-12-9-8-11-22(24)33-23-16-20(26-13-10-15-40-26)17-25(35)30(23)31(34)21-18-27(37-2)32(39-4)28(19-21)38-3/h8-13,15,18-20,31,33H,5-7,14,16-17H2,1-4H3/t20-,31+/m1/s1. The number of amides is 1. The van der Waals surface area contributed by atoms with Gasteiger partial charge in [-0.3, -0.25) is 14.5 Å². The lowest BCUT2D eigenvalue weighted by atomic mass is 9.80. The van der Waals surface area contributed by atoms with Crippen molar-refractivity contribution in [2.45, 2.75) is 57.4 Å². The van der Waals surface area contributed by atoms with Crippen LogP contribution in [0.15, 0.2) is 70.5 Å². The number of Topliss-reactive ketones (excluding diaryl/α,β-unsaturated/α-hetero) is 1. The van der Waals surface area contributed by atoms with Crippen LogP contribution in [0, 0.1) is 0 Å². The molecule has 3 aromatic rings. The Bertz CT molecular complexity index is 1390. The van der Waals surface area contributed by atoms with Gasteiger partial charge < -0.3 is 23.9 Å². The first kappa shape index (κ1) is 27.4. The molecule has 40 heavy (non-hydrogen) atoms. The number of ketones is 1. The molecule has 0 spiro atoms. The smallest absolute Gasteiger partial charge is 0.227 e. The predicted molar refractivity (Wildman–Crippen MR) is 153 cm³/mol. The van der Waals surface area contributed by atoms with E-state index in [1.54, 1.807) is 32.5 Å². The normalized spacial score (nSPS) is 18.4. The number of ether oxygens (including phenoxy) is 3. The van der Waals surface area contributed by atoms with Gasteiger partial charge in [-0.05, 0) is 54.8 Å². The molecule has 1 amide bonds. The number of carbonyl (C=O) groups is 2. The fourth-order valence-corrected chi connectivity index (χ4v) is 5.81. The lowest BCUT2D eigenvalue weighted by Crippen LogP contribution is -2.38. The lowest BCUT2D eigenvalue weighted by molar-refractivity contribution is -0.119. The second-order valence-electron chi connectivity index (χ2n) is 10.2. The average Bonchev–Trinajstić information content (AvgIpc) is 3.46. The highest BCUT2D eigenvalue weighted by Gasteiger charge is 2.42. The fraction of sp³-hybridized carbons (Fsp3) is 0.375. The number of methoxy groups -OCH3 is 3. The molecule has 2 atom stereocenters. The van der Waals surface area contributed by atoms with Crippen LogP contribution in [0.3, 0.4) is 0 Å². The molecule has 0 saturated heterocycles. The number of unbranched alkanes of at least 4 members (excludes halogenated alkanes) is 2. The van der Waals surface area contributed by atoms with Crippen LogP contribution in [0.5, 0.6) is 17.2 Å². The number of hydrogen-bond donors (Lipinski definition) is 1. The minimum atomic E-state index is -0.695. The van der Waals surface area contributed by atoms with E-state index in [9.17, 15) is 9.59 Å². The van der Waals surface area contributed by atoms with Crippen molar-refractivity contribution in [3.05, 3.63) is 77.4 Å². The number of para-hydroxylation sites is 2. The van der Waals surface area contributed by atoms with E-state index in [0.717, 1.165) is 42.1 Å². The topological polar surface area (TPSA) is 90.2 Å². The average molecular weight is 545 g/mol. The van der Waals surface area contributed by atoms with E-state index in [-0.39, 0.29) is 24.0 Å². The Kier molecular flexibility index (Phi) is 8.14. The Hall–Kier alpha value is -4.20. The third-order valence-electron chi connectivity index (χ3n) is 7.70. The molecule has 8 nitrogen and oxygen atoms in total. The van der Waals surface area contributed by atoms with Gasteiger partial charge in [0.2, 0.25) is 11.7 Å². The summed E-state index contributed by atoms with van der Waals surface area (Å²) in [7, 11) is 4.67. The highest BCUT2D eigenvalue weighted by atomic mass is 16.5. The summed E-state index contributed by atoms with van der Waals surface area (Å²) in [5, 5.41) is 3.55. The number of anilines is 2. The minimum Gasteiger partial charge on any atom is -0.493 e. The van der Waals surface area contributed by atoms with Crippen molar-refractivity contribution >= 4 is 23.1 Å². The Labute approximate surface area is 234 Å². The van der Waals surface area contributed by atoms with Crippen LogP contribution in [0.4, 0.5) is 11.4 Å². The zero-order valence-electron chi connectivity index (χ0n) is 23.5. The highest BCUT2D eigenvalue weighted by molar-refractivity contribution is 6.06. The third kappa shape index (κ3) is 5.06. The first-order valence-electron chi connectivity index (χ1n) is 13.8. The third-order valence-corrected chi connectivity index (χ3v) is 7.70. The highest BCUT2D eigenvalue weighted by Crippen LogP contribution is 2.50. The maximum Gasteiger partial charge on any atom is 0.227 e. The van der Waals surface area contributed by atoms with Gasteiger partial charge in [0.25, 0.3) is 0 Å². The number of nitrogens with zero attached hydrogens (tertiary/aromatic N) is 1. The van der Waals surface area contributed by atoms with E-state index in [1.165, 1.54) is 0 Å². The van der Waals surface area contributed by atoms with E-state index in [0.29, 0.717) is 41.2 Å². The fourth-order valence-electron chi connectivity index (χ4n) is 5.81. The van der Waals surface area contributed by atoms with Gasteiger partial charge in [0, 0.05) is 30.0 Å². The van der Waals surface area contributed by atoms with Crippen LogP contribution in [-0.4, -0.2) is 33.0 Å². The van der Waals surface area contributed by atoms with Crippen molar-refractivity contribution in [3.63, 3.8) is 0 Å². The van der Waals surface area contributed by atoms with Gasteiger partial charge in [-0.25, -0.2) is 0 Å². The molecule has 8 heteroatoms. The van der Waals surface area contributed by atoms with Crippen LogP contribution in [0.25, 0.3) is 0 Å². The van der Waals surface area contributed by atoms with Crippen LogP contribution < -0.4 is 24.4 Å². The number of rotatable bonds is 9. The van der Waals surface area contributed by atoms with Crippen molar-refractivity contribution in [1.82, 2.24) is 0 Å². The summed E-state index contributed by atoms with van der Waals surface area (Å²) >= 11 is 0. The van der Waals surface area contributed by atoms with Crippen LogP contribution in [-0.2, 0) is 9.59 Å². The van der Waals surface area contributed by atoms with E-state index in [4.69, 9.17) is 18.6 Å². The summed E-state index contributed by atoms with van der Waals surface area (Å²) in [6, 6.07) is 14.5. The van der Waals surface area contributed by atoms with Crippen molar-refractivity contribution in [3.8, 4) is 17.2 Å². The number of fused-ring (bicyclic) bond motifs is 1. The monoisotopic (exact) mass is 544 g/mol. The number of benzene rings is 2. The second kappa shape index (κ2) is 11.9. The molecule has 5 rings (SSSR count). The quantitative estimate of drug-likeness (QED) is 0.297. The van der Waals surface area contributed by atoms with E-state index in [1.807, 2.05) is 48.5 Å². The summed E-state index contributed by atoms with van der Waals surface area (Å²) in [5.74, 6) is 1.96. The van der Waals surface area contributed by atoms with Crippen LogP contribution >= 0.6 is 0 Å². The molecule has 0 radical (unpaired) electrons.